The fourth-order valence-electron chi connectivity index (χ4n) is 7.05. The molecule has 0 radical (unpaired) electrons. The molecule has 4 aromatic rings. The number of anilines is 1. The van der Waals surface area contributed by atoms with Gasteiger partial charge in [0, 0.05) is 92.8 Å². The van der Waals surface area contributed by atoms with Crippen molar-refractivity contribution in [1.82, 2.24) is 21.3 Å². The molecule has 1 aliphatic carbocycles. The quantitative estimate of drug-likeness (QED) is 0.0467. The van der Waals surface area contributed by atoms with Gasteiger partial charge in [-0.25, -0.2) is 0 Å². The van der Waals surface area contributed by atoms with Crippen LogP contribution >= 0.6 is 0 Å². The second-order valence-corrected chi connectivity index (χ2v) is 14.4. The van der Waals surface area contributed by atoms with Gasteiger partial charge in [0.25, 0.3) is 0 Å². The number of hydrogen-bond acceptors (Lipinski definition) is 7. The van der Waals surface area contributed by atoms with Crippen molar-refractivity contribution in [3.63, 3.8) is 0 Å². The molecule has 9 nitrogen and oxygen atoms in total. The van der Waals surface area contributed by atoms with Crippen molar-refractivity contribution in [2.45, 2.75) is 39.8 Å². The lowest BCUT2D eigenvalue weighted by Gasteiger charge is -2.21. The first-order chi connectivity index (χ1) is 26.6. The van der Waals surface area contributed by atoms with E-state index in [2.05, 4.69) is 111 Å². The molecule has 4 aromatic carbocycles. The van der Waals surface area contributed by atoms with Crippen LogP contribution in [0.5, 0.6) is 0 Å². The second-order valence-electron chi connectivity index (χ2n) is 14.4. The molecular formula is C46H52N6O3. The number of nitrogens with one attached hydrogen (secondary N) is 4. The fraction of sp³-hybridized carbons (Fsp3) is 0.283. The van der Waals surface area contributed by atoms with Gasteiger partial charge in [-0.1, -0.05) is 49.6 Å². The van der Waals surface area contributed by atoms with Crippen LogP contribution in [0, 0.1) is 0 Å². The summed E-state index contributed by atoms with van der Waals surface area (Å²) in [6, 6.07) is 28.0. The summed E-state index contributed by atoms with van der Waals surface area (Å²) in [7, 11) is 5.86. The Kier molecular flexibility index (Phi) is 12.4. The molecular weight excluding hydrogens is 685 g/mol. The first-order valence-corrected chi connectivity index (χ1v) is 18.9. The lowest BCUT2D eigenvalue weighted by Crippen LogP contribution is -2.27. The van der Waals surface area contributed by atoms with Gasteiger partial charge < -0.3 is 30.6 Å². The maximum atomic E-state index is 12.0. The molecule has 2 amide bonds. The third-order valence-corrected chi connectivity index (χ3v) is 10.0. The van der Waals surface area contributed by atoms with Crippen LogP contribution in [0.1, 0.15) is 37.8 Å². The van der Waals surface area contributed by atoms with Crippen molar-refractivity contribution in [2.24, 2.45) is 4.99 Å². The number of rotatable bonds is 16. The van der Waals surface area contributed by atoms with E-state index in [0.29, 0.717) is 37.3 Å². The Morgan fingerprint density at radius 2 is 1.27 bits per heavy atom. The Balaban J connectivity index is 1.44. The SMILES string of the molecule is C=C(C)C(=O)NCCCNCc1c2ccccc2c(CNCCCNC(=O)C(=C)C)c2cc(-c3c4cc/c(=N\C)cc-4oc4cc(N(C)C)ccc34)ccc12. The largest absolute Gasteiger partial charge is 0.456 e. The molecule has 0 unspecified atom stereocenters. The van der Waals surface area contributed by atoms with Gasteiger partial charge in [0.15, 0.2) is 0 Å². The number of hydrogen-bond donors (Lipinski definition) is 4. The van der Waals surface area contributed by atoms with E-state index >= 15 is 0 Å². The van der Waals surface area contributed by atoms with Crippen LogP contribution in [0.25, 0.3) is 55.0 Å². The van der Waals surface area contributed by atoms with E-state index in [0.717, 1.165) is 70.4 Å². The summed E-state index contributed by atoms with van der Waals surface area (Å²) in [4.78, 5) is 30.5. The van der Waals surface area contributed by atoms with Crippen LogP contribution in [-0.2, 0) is 22.7 Å². The minimum Gasteiger partial charge on any atom is -0.456 e. The van der Waals surface area contributed by atoms with Gasteiger partial charge >= 0.3 is 0 Å². The zero-order chi connectivity index (χ0) is 39.1. The predicted molar refractivity (Wildman–Crippen MR) is 227 cm³/mol. The summed E-state index contributed by atoms with van der Waals surface area (Å²) in [6.45, 7) is 14.9. The van der Waals surface area contributed by atoms with Crippen LogP contribution in [-0.4, -0.2) is 59.1 Å². The lowest BCUT2D eigenvalue weighted by atomic mass is 9.87. The molecule has 0 saturated heterocycles. The highest BCUT2D eigenvalue weighted by Crippen LogP contribution is 2.43. The molecule has 9 heteroatoms. The molecule has 4 N–H and O–H groups in total. The van der Waals surface area contributed by atoms with E-state index in [1.807, 2.05) is 26.2 Å². The van der Waals surface area contributed by atoms with Gasteiger partial charge in [-0.05, 0) is 108 Å². The predicted octanol–water partition coefficient (Wildman–Crippen LogP) is 7.45. The van der Waals surface area contributed by atoms with Gasteiger partial charge in [0.2, 0.25) is 11.8 Å². The molecule has 0 bridgehead atoms. The van der Waals surface area contributed by atoms with Gasteiger partial charge in [-0.3, -0.25) is 14.6 Å². The first-order valence-electron chi connectivity index (χ1n) is 18.9. The summed E-state index contributed by atoms with van der Waals surface area (Å²) >= 11 is 0. The molecule has 284 valence electrons. The van der Waals surface area contributed by atoms with Gasteiger partial charge in [-0.2, -0.15) is 0 Å². The van der Waals surface area contributed by atoms with Crippen molar-refractivity contribution in [3.05, 3.63) is 120 Å². The molecule has 0 fully saturated rings. The highest BCUT2D eigenvalue weighted by molar-refractivity contribution is 6.09. The Hall–Kier alpha value is -5.77. The summed E-state index contributed by atoms with van der Waals surface area (Å²) in [5.41, 5.74) is 8.59. The number of benzene rings is 5. The second kappa shape index (κ2) is 17.6. The number of nitrogens with zero attached hydrogens (tertiary/aromatic N) is 2. The number of fused-ring (bicyclic) bond motifs is 4. The highest BCUT2D eigenvalue weighted by Gasteiger charge is 2.20. The molecule has 0 atom stereocenters. The Morgan fingerprint density at radius 3 is 1.85 bits per heavy atom. The van der Waals surface area contributed by atoms with E-state index in [1.54, 1.807) is 20.9 Å². The molecule has 1 heterocycles. The van der Waals surface area contributed by atoms with Crippen LogP contribution in [0.3, 0.4) is 0 Å². The summed E-state index contributed by atoms with van der Waals surface area (Å²) in [5.74, 6) is 0.558. The summed E-state index contributed by atoms with van der Waals surface area (Å²) in [6.07, 6.45) is 1.59. The van der Waals surface area contributed by atoms with Crippen LogP contribution in [0.15, 0.2) is 113 Å². The maximum absolute atomic E-state index is 12.0. The lowest BCUT2D eigenvalue weighted by molar-refractivity contribution is -0.118. The Labute approximate surface area is 323 Å². The molecule has 2 aliphatic rings. The average molecular weight is 737 g/mol. The van der Waals surface area contributed by atoms with Crippen LogP contribution < -0.4 is 31.5 Å². The third-order valence-electron chi connectivity index (χ3n) is 10.0. The number of amides is 2. The first kappa shape index (κ1) is 38.9. The van der Waals surface area contributed by atoms with E-state index in [4.69, 9.17) is 4.42 Å². The minimum atomic E-state index is -0.114. The van der Waals surface area contributed by atoms with E-state index in [9.17, 15) is 9.59 Å². The van der Waals surface area contributed by atoms with Crippen molar-refractivity contribution >= 4 is 50.0 Å². The number of carbonyl (C=O) groups is 2. The Bertz CT molecular complexity index is 2440. The maximum Gasteiger partial charge on any atom is 0.246 e. The zero-order valence-corrected chi connectivity index (χ0v) is 32.7. The fourth-order valence-corrected chi connectivity index (χ4v) is 7.05. The van der Waals surface area contributed by atoms with Crippen LogP contribution in [0.4, 0.5) is 5.69 Å². The molecule has 0 saturated carbocycles. The standard InChI is InChI=1S/C46H52N6O3/c1-29(2)45(53)50-22-10-20-48-27-40-34-12-8-9-13-35(34)41(28-49-21-11-23-51-46(54)30(3)4)39-24-31(14-17-36(39)40)44-37-18-15-32(47-5)25-42(37)55-43-26-33(52(6)7)16-19-38(43)44/h8-9,12-19,24-26,48-49H,1,3,10-11,20-23,27-28H2,2,4-7H3,(H,50,53)(H,51,54)/b47-32+. The summed E-state index contributed by atoms with van der Waals surface area (Å²) < 4.78 is 6.58. The number of carbonyl (C=O) groups excluding carboxylic acids is 2. The highest BCUT2D eigenvalue weighted by atomic mass is 16.3. The van der Waals surface area contributed by atoms with Gasteiger partial charge in [0.1, 0.15) is 11.3 Å². The third kappa shape index (κ3) is 8.80. The van der Waals surface area contributed by atoms with Gasteiger partial charge in [0.05, 0.1) is 5.36 Å². The van der Waals surface area contributed by atoms with E-state index in [-0.39, 0.29) is 11.8 Å². The summed E-state index contributed by atoms with van der Waals surface area (Å²) in [5, 5.41) is 19.9. The van der Waals surface area contributed by atoms with E-state index in [1.165, 1.54) is 32.7 Å². The zero-order valence-electron chi connectivity index (χ0n) is 32.7. The molecule has 1 aliphatic heterocycles. The van der Waals surface area contributed by atoms with Crippen molar-refractivity contribution in [1.29, 1.82) is 0 Å². The molecule has 0 aromatic heterocycles. The van der Waals surface area contributed by atoms with E-state index < -0.39 is 0 Å². The smallest absolute Gasteiger partial charge is 0.246 e. The molecule has 6 rings (SSSR count). The van der Waals surface area contributed by atoms with Gasteiger partial charge in [-0.15, -0.1) is 0 Å². The molecule has 55 heavy (non-hydrogen) atoms. The molecule has 0 spiro atoms. The normalized spacial score (nSPS) is 11.8. The van der Waals surface area contributed by atoms with Crippen molar-refractivity contribution < 1.29 is 14.0 Å². The van der Waals surface area contributed by atoms with Crippen molar-refractivity contribution in [3.8, 4) is 22.5 Å². The minimum absolute atomic E-state index is 0.111. The topological polar surface area (TPSA) is 111 Å². The monoisotopic (exact) mass is 736 g/mol. The van der Waals surface area contributed by atoms with Crippen molar-refractivity contribution in [2.75, 3.05) is 52.2 Å². The Morgan fingerprint density at radius 1 is 0.691 bits per heavy atom. The van der Waals surface area contributed by atoms with Crippen LogP contribution in [0.2, 0.25) is 0 Å². The average Bonchev–Trinajstić information content (AvgIpc) is 3.18.